The van der Waals surface area contributed by atoms with Gasteiger partial charge in [0.15, 0.2) is 0 Å². The highest BCUT2D eigenvalue weighted by molar-refractivity contribution is 5.28. The number of ether oxygens (including phenoxy) is 1. The first-order valence-corrected chi connectivity index (χ1v) is 5.15. The van der Waals surface area contributed by atoms with E-state index in [9.17, 15) is 0 Å². The average molecular weight is 184 g/mol. The summed E-state index contributed by atoms with van der Waals surface area (Å²) in [6, 6.07) is 10.3. The van der Waals surface area contributed by atoms with Gasteiger partial charge in [0, 0.05) is 5.92 Å². The Morgan fingerprint density at radius 2 is 1.86 bits per heavy atom. The minimum Gasteiger partial charge on any atom is -0.351 e. The van der Waals surface area contributed by atoms with Crippen molar-refractivity contribution in [3.8, 4) is 11.8 Å². The van der Waals surface area contributed by atoms with Crippen molar-refractivity contribution >= 4 is 0 Å². The minimum atomic E-state index is 0.165. The molecule has 0 amide bonds. The fourth-order valence-corrected chi connectivity index (χ4v) is 1.55. The van der Waals surface area contributed by atoms with Gasteiger partial charge in [-0.05, 0) is 18.4 Å². The van der Waals surface area contributed by atoms with Crippen LogP contribution in [-0.2, 0) is 4.74 Å². The largest absolute Gasteiger partial charge is 0.351 e. The van der Waals surface area contributed by atoms with Crippen LogP contribution in [0.1, 0.15) is 24.5 Å². The lowest BCUT2D eigenvalue weighted by atomic mass is 10.1. The quantitative estimate of drug-likeness (QED) is 0.482. The van der Waals surface area contributed by atoms with Crippen LogP contribution in [0.15, 0.2) is 30.3 Å². The molecule has 1 saturated carbocycles. The van der Waals surface area contributed by atoms with E-state index in [1.807, 2.05) is 18.2 Å². The molecule has 0 unspecified atom stereocenters. The van der Waals surface area contributed by atoms with Gasteiger partial charge in [0.2, 0.25) is 0 Å². The maximum Gasteiger partial charge on any atom is 0.149 e. The molecule has 3 rings (SSSR count). The number of epoxide rings is 1. The van der Waals surface area contributed by atoms with Crippen LogP contribution >= 0.6 is 0 Å². The lowest BCUT2D eigenvalue weighted by molar-refractivity contribution is 0.397. The summed E-state index contributed by atoms with van der Waals surface area (Å²) in [5, 5.41) is 0. The van der Waals surface area contributed by atoms with E-state index in [1.165, 1.54) is 18.4 Å². The molecular weight excluding hydrogens is 172 g/mol. The van der Waals surface area contributed by atoms with E-state index >= 15 is 0 Å². The molecule has 0 N–H and O–H groups in total. The first kappa shape index (κ1) is 8.08. The number of hydrogen-bond donors (Lipinski definition) is 0. The highest BCUT2D eigenvalue weighted by atomic mass is 16.6. The van der Waals surface area contributed by atoms with Gasteiger partial charge < -0.3 is 4.74 Å². The van der Waals surface area contributed by atoms with Crippen LogP contribution in [0.5, 0.6) is 0 Å². The van der Waals surface area contributed by atoms with Gasteiger partial charge in [-0.25, -0.2) is 0 Å². The van der Waals surface area contributed by atoms with Crippen molar-refractivity contribution in [2.45, 2.75) is 25.0 Å². The Balaban J connectivity index is 1.66. The van der Waals surface area contributed by atoms with Crippen molar-refractivity contribution in [1.29, 1.82) is 0 Å². The van der Waals surface area contributed by atoms with E-state index in [1.54, 1.807) is 0 Å². The van der Waals surface area contributed by atoms with Gasteiger partial charge in [-0.2, -0.15) is 0 Å². The summed E-state index contributed by atoms with van der Waals surface area (Å²) >= 11 is 0. The van der Waals surface area contributed by atoms with Crippen LogP contribution in [0.3, 0.4) is 0 Å². The number of hydrogen-bond acceptors (Lipinski definition) is 1. The van der Waals surface area contributed by atoms with Gasteiger partial charge >= 0.3 is 0 Å². The zero-order valence-electron chi connectivity index (χ0n) is 7.94. The van der Waals surface area contributed by atoms with Gasteiger partial charge in [0.25, 0.3) is 0 Å². The van der Waals surface area contributed by atoms with Crippen molar-refractivity contribution in [3.63, 3.8) is 0 Å². The Hall–Kier alpha value is -1.26. The molecule has 0 spiro atoms. The third-order valence-electron chi connectivity index (χ3n) is 2.63. The fraction of sp³-hybridized carbons (Fsp3) is 0.385. The molecule has 0 radical (unpaired) electrons. The van der Waals surface area contributed by atoms with E-state index in [4.69, 9.17) is 4.74 Å². The maximum atomic E-state index is 5.51. The lowest BCUT2D eigenvalue weighted by Gasteiger charge is -1.90. The van der Waals surface area contributed by atoms with Crippen molar-refractivity contribution in [3.05, 3.63) is 35.9 Å². The predicted octanol–water partition coefficient (Wildman–Crippen LogP) is 2.54. The normalized spacial score (nSPS) is 29.1. The Morgan fingerprint density at radius 3 is 2.57 bits per heavy atom. The second-order valence-electron chi connectivity index (χ2n) is 3.95. The second-order valence-corrected chi connectivity index (χ2v) is 3.95. The van der Waals surface area contributed by atoms with Gasteiger partial charge in [0.1, 0.15) is 12.2 Å². The molecule has 1 nitrogen and oxygen atoms in total. The van der Waals surface area contributed by atoms with Crippen LogP contribution in [0, 0.1) is 17.8 Å². The maximum absolute atomic E-state index is 5.51. The smallest absolute Gasteiger partial charge is 0.149 e. The van der Waals surface area contributed by atoms with Crippen molar-refractivity contribution in [2.75, 3.05) is 0 Å². The van der Waals surface area contributed by atoms with Crippen molar-refractivity contribution < 1.29 is 4.74 Å². The monoisotopic (exact) mass is 184 g/mol. The highest BCUT2D eigenvalue weighted by Crippen LogP contribution is 2.38. The summed E-state index contributed by atoms with van der Waals surface area (Å²) in [5.41, 5.74) is 1.25. The molecule has 1 heteroatoms. The summed E-state index contributed by atoms with van der Waals surface area (Å²) in [7, 11) is 0. The average Bonchev–Trinajstić information content (AvgIpc) is 3.12. The van der Waals surface area contributed by atoms with Crippen LogP contribution < -0.4 is 0 Å². The molecule has 1 aromatic carbocycles. The third-order valence-corrected chi connectivity index (χ3v) is 2.63. The molecular formula is C13H12O. The van der Waals surface area contributed by atoms with Gasteiger partial charge in [-0.15, -0.1) is 0 Å². The molecule has 0 aromatic heterocycles. The zero-order valence-corrected chi connectivity index (χ0v) is 7.94. The van der Waals surface area contributed by atoms with Gasteiger partial charge in [0.05, 0.1) is 0 Å². The molecule has 2 aliphatic rings. The standard InChI is InChI=1S/C13H12O/c1-2-4-11(5-3-1)13-12(14-13)9-8-10-6-7-10/h1-5,10,12-13H,6-7H2/t12-,13-/m1/s1. The van der Waals surface area contributed by atoms with E-state index in [0.29, 0.717) is 5.92 Å². The molecule has 1 heterocycles. The molecule has 70 valence electrons. The van der Waals surface area contributed by atoms with Gasteiger partial charge in [-0.3, -0.25) is 0 Å². The van der Waals surface area contributed by atoms with Crippen LogP contribution in [0.25, 0.3) is 0 Å². The first-order chi connectivity index (χ1) is 6.93. The minimum absolute atomic E-state index is 0.165. The summed E-state index contributed by atoms with van der Waals surface area (Å²) in [6.07, 6.45) is 2.98. The molecule has 1 saturated heterocycles. The zero-order chi connectivity index (χ0) is 9.38. The van der Waals surface area contributed by atoms with E-state index in [-0.39, 0.29) is 12.2 Å². The summed E-state index contributed by atoms with van der Waals surface area (Å²) in [4.78, 5) is 0. The van der Waals surface area contributed by atoms with Crippen LogP contribution in [0.4, 0.5) is 0 Å². The molecule has 2 atom stereocenters. The lowest BCUT2D eigenvalue weighted by Crippen LogP contribution is -1.84. The van der Waals surface area contributed by atoms with Crippen molar-refractivity contribution in [1.82, 2.24) is 0 Å². The molecule has 1 aromatic rings. The molecule has 1 aliphatic carbocycles. The Bertz CT molecular complexity index is 381. The fourth-order valence-electron chi connectivity index (χ4n) is 1.55. The summed E-state index contributed by atoms with van der Waals surface area (Å²) < 4.78 is 5.51. The molecule has 2 fully saturated rings. The Labute approximate surface area is 84.1 Å². The van der Waals surface area contributed by atoms with E-state index < -0.39 is 0 Å². The highest BCUT2D eigenvalue weighted by Gasteiger charge is 2.38. The third kappa shape index (κ3) is 1.66. The van der Waals surface area contributed by atoms with Gasteiger partial charge in [-0.1, -0.05) is 42.2 Å². The summed E-state index contributed by atoms with van der Waals surface area (Å²) in [6.45, 7) is 0. The SMILES string of the molecule is C(#C[C@H]1O[C@@H]1c1ccccc1)C1CC1. The first-order valence-electron chi connectivity index (χ1n) is 5.15. The molecule has 1 aliphatic heterocycles. The topological polar surface area (TPSA) is 12.5 Å². The van der Waals surface area contributed by atoms with Crippen LogP contribution in [0.2, 0.25) is 0 Å². The molecule has 14 heavy (non-hydrogen) atoms. The second kappa shape index (κ2) is 3.15. The van der Waals surface area contributed by atoms with Crippen molar-refractivity contribution in [2.24, 2.45) is 5.92 Å². The van der Waals surface area contributed by atoms with E-state index in [2.05, 4.69) is 24.0 Å². The summed E-state index contributed by atoms with van der Waals surface area (Å²) in [5.74, 6) is 7.11. The predicted molar refractivity (Wildman–Crippen MR) is 54.6 cm³/mol. The number of benzene rings is 1. The Kier molecular flexibility index (Phi) is 1.82. The molecule has 0 bridgehead atoms. The van der Waals surface area contributed by atoms with Crippen LogP contribution in [-0.4, -0.2) is 6.10 Å². The van der Waals surface area contributed by atoms with E-state index in [0.717, 1.165) is 0 Å². The number of rotatable bonds is 1. The Morgan fingerprint density at radius 1 is 1.07 bits per heavy atom.